The van der Waals surface area contributed by atoms with Crippen LogP contribution < -0.4 is 10.5 Å². The topological polar surface area (TPSA) is 59.0 Å². The molecule has 0 saturated heterocycles. The first kappa shape index (κ1) is 14.0. The SMILES string of the molecule is N#Cc1ccc(OC(CN)c2ccccc2F)cc1F. The summed E-state index contributed by atoms with van der Waals surface area (Å²) in [4.78, 5) is 0. The van der Waals surface area contributed by atoms with Crippen LogP contribution in [0.5, 0.6) is 5.75 Å². The molecule has 102 valence electrons. The molecule has 0 aliphatic carbocycles. The maximum atomic E-state index is 13.7. The molecule has 0 fully saturated rings. The number of nitrogens with two attached hydrogens (primary N) is 1. The van der Waals surface area contributed by atoms with Crippen molar-refractivity contribution < 1.29 is 13.5 Å². The molecule has 0 aromatic heterocycles. The van der Waals surface area contributed by atoms with Crippen LogP contribution in [0.1, 0.15) is 17.2 Å². The van der Waals surface area contributed by atoms with Gasteiger partial charge < -0.3 is 10.5 Å². The average Bonchev–Trinajstić information content (AvgIpc) is 2.46. The lowest BCUT2D eigenvalue weighted by Gasteiger charge is -2.18. The fourth-order valence-corrected chi connectivity index (χ4v) is 1.80. The summed E-state index contributed by atoms with van der Waals surface area (Å²) in [6, 6.07) is 11.7. The molecule has 1 unspecified atom stereocenters. The number of nitriles is 1. The van der Waals surface area contributed by atoms with Crippen LogP contribution in [0.25, 0.3) is 0 Å². The first-order valence-electron chi connectivity index (χ1n) is 5.96. The third kappa shape index (κ3) is 2.92. The Bertz CT molecular complexity index is 653. The van der Waals surface area contributed by atoms with E-state index in [4.69, 9.17) is 15.7 Å². The predicted molar refractivity (Wildman–Crippen MR) is 69.9 cm³/mol. The van der Waals surface area contributed by atoms with Crippen molar-refractivity contribution in [2.75, 3.05) is 6.54 Å². The summed E-state index contributed by atoms with van der Waals surface area (Å²) in [5.41, 5.74) is 5.81. The molecule has 20 heavy (non-hydrogen) atoms. The normalized spacial score (nSPS) is 11.7. The number of benzene rings is 2. The van der Waals surface area contributed by atoms with Gasteiger partial charge in [-0.25, -0.2) is 8.78 Å². The number of hydrogen-bond acceptors (Lipinski definition) is 3. The second-order valence-corrected chi connectivity index (χ2v) is 4.12. The van der Waals surface area contributed by atoms with Crippen LogP contribution in [0.2, 0.25) is 0 Å². The molecular weight excluding hydrogens is 262 g/mol. The summed E-state index contributed by atoms with van der Waals surface area (Å²) < 4.78 is 32.6. The molecule has 0 bridgehead atoms. The standard InChI is InChI=1S/C15H12F2N2O/c16-13-4-2-1-3-12(13)15(9-19)20-11-6-5-10(8-18)14(17)7-11/h1-7,15H,9,19H2. The Hall–Kier alpha value is -2.45. The number of hydrogen-bond donors (Lipinski definition) is 1. The molecule has 0 aliphatic heterocycles. The molecule has 5 heteroatoms. The number of ether oxygens (including phenoxy) is 1. The molecule has 0 amide bonds. The highest BCUT2D eigenvalue weighted by atomic mass is 19.1. The lowest BCUT2D eigenvalue weighted by molar-refractivity contribution is 0.208. The zero-order valence-electron chi connectivity index (χ0n) is 10.5. The van der Waals surface area contributed by atoms with E-state index in [2.05, 4.69) is 0 Å². The first-order chi connectivity index (χ1) is 9.65. The Morgan fingerprint density at radius 3 is 2.50 bits per heavy atom. The summed E-state index contributed by atoms with van der Waals surface area (Å²) in [6.45, 7) is 0.0442. The monoisotopic (exact) mass is 274 g/mol. The molecule has 2 N–H and O–H groups in total. The lowest BCUT2D eigenvalue weighted by atomic mass is 10.1. The largest absolute Gasteiger partial charge is 0.484 e. The van der Waals surface area contributed by atoms with Crippen molar-refractivity contribution in [3.8, 4) is 11.8 Å². The minimum atomic E-state index is -0.719. The van der Waals surface area contributed by atoms with Crippen LogP contribution in [0, 0.1) is 23.0 Å². The Balaban J connectivity index is 2.25. The van der Waals surface area contributed by atoms with Crippen molar-refractivity contribution in [1.29, 1.82) is 5.26 Å². The number of rotatable bonds is 4. The molecule has 3 nitrogen and oxygen atoms in total. The molecule has 2 aromatic rings. The van der Waals surface area contributed by atoms with E-state index in [1.54, 1.807) is 24.3 Å². The Morgan fingerprint density at radius 1 is 1.15 bits per heavy atom. The second-order valence-electron chi connectivity index (χ2n) is 4.12. The van der Waals surface area contributed by atoms with E-state index in [0.29, 0.717) is 5.56 Å². The molecule has 1 atom stereocenters. The number of halogens is 2. The highest BCUT2D eigenvalue weighted by molar-refractivity contribution is 5.36. The van der Waals surface area contributed by atoms with Gasteiger partial charge in [-0.15, -0.1) is 0 Å². The van der Waals surface area contributed by atoms with Gasteiger partial charge in [0.2, 0.25) is 0 Å². The maximum absolute atomic E-state index is 13.7. The highest BCUT2D eigenvalue weighted by Gasteiger charge is 2.16. The summed E-state index contributed by atoms with van der Waals surface area (Å²) in [7, 11) is 0. The van der Waals surface area contributed by atoms with Crippen LogP contribution in [-0.4, -0.2) is 6.54 Å². The van der Waals surface area contributed by atoms with Gasteiger partial charge in [0.1, 0.15) is 29.6 Å². The molecule has 2 rings (SSSR count). The fourth-order valence-electron chi connectivity index (χ4n) is 1.80. The van der Waals surface area contributed by atoms with Gasteiger partial charge in [-0.1, -0.05) is 18.2 Å². The lowest BCUT2D eigenvalue weighted by Crippen LogP contribution is -2.19. The molecule has 2 aromatic carbocycles. The minimum absolute atomic E-state index is 0.0442. The van der Waals surface area contributed by atoms with Gasteiger partial charge in [0.05, 0.1) is 5.56 Å². The van der Waals surface area contributed by atoms with Crippen molar-refractivity contribution in [3.63, 3.8) is 0 Å². The zero-order chi connectivity index (χ0) is 14.5. The Morgan fingerprint density at radius 2 is 1.90 bits per heavy atom. The van der Waals surface area contributed by atoms with Crippen molar-refractivity contribution in [2.45, 2.75) is 6.10 Å². The van der Waals surface area contributed by atoms with Gasteiger partial charge in [-0.05, 0) is 18.2 Å². The minimum Gasteiger partial charge on any atom is -0.484 e. The van der Waals surface area contributed by atoms with Crippen LogP contribution >= 0.6 is 0 Å². The van der Waals surface area contributed by atoms with Gasteiger partial charge in [0, 0.05) is 18.2 Å². The Kier molecular flexibility index (Phi) is 4.28. The van der Waals surface area contributed by atoms with E-state index >= 15 is 0 Å². The van der Waals surface area contributed by atoms with E-state index < -0.39 is 17.7 Å². The molecule has 0 saturated carbocycles. The van der Waals surface area contributed by atoms with Gasteiger partial charge in [-0.3, -0.25) is 0 Å². The summed E-state index contributed by atoms with van der Waals surface area (Å²) >= 11 is 0. The van der Waals surface area contributed by atoms with Gasteiger partial charge in [-0.2, -0.15) is 5.26 Å². The Labute approximate surface area is 115 Å². The average molecular weight is 274 g/mol. The van der Waals surface area contributed by atoms with E-state index in [1.807, 2.05) is 0 Å². The third-order valence-electron chi connectivity index (χ3n) is 2.81. The molecule has 0 aliphatic rings. The first-order valence-corrected chi connectivity index (χ1v) is 5.96. The van der Waals surface area contributed by atoms with E-state index in [-0.39, 0.29) is 17.9 Å². The zero-order valence-corrected chi connectivity index (χ0v) is 10.5. The predicted octanol–water partition coefficient (Wildman–Crippen LogP) is 2.92. The molecule has 0 heterocycles. The van der Waals surface area contributed by atoms with E-state index in [0.717, 1.165) is 6.07 Å². The van der Waals surface area contributed by atoms with Crippen LogP contribution in [0.3, 0.4) is 0 Å². The summed E-state index contributed by atoms with van der Waals surface area (Å²) in [6.07, 6.45) is -0.719. The van der Waals surface area contributed by atoms with Crippen LogP contribution in [0.15, 0.2) is 42.5 Å². The second kappa shape index (κ2) is 6.13. The van der Waals surface area contributed by atoms with E-state index in [9.17, 15) is 8.78 Å². The van der Waals surface area contributed by atoms with Gasteiger partial charge >= 0.3 is 0 Å². The van der Waals surface area contributed by atoms with Crippen molar-refractivity contribution in [3.05, 3.63) is 65.2 Å². The number of nitrogens with zero attached hydrogens (tertiary/aromatic N) is 1. The third-order valence-corrected chi connectivity index (χ3v) is 2.81. The molecule has 0 spiro atoms. The summed E-state index contributed by atoms with van der Waals surface area (Å²) in [5, 5.41) is 8.65. The quantitative estimate of drug-likeness (QED) is 0.932. The van der Waals surface area contributed by atoms with Crippen molar-refractivity contribution in [2.24, 2.45) is 5.73 Å². The van der Waals surface area contributed by atoms with Crippen molar-refractivity contribution >= 4 is 0 Å². The van der Waals surface area contributed by atoms with E-state index in [1.165, 1.54) is 18.2 Å². The maximum Gasteiger partial charge on any atom is 0.144 e. The van der Waals surface area contributed by atoms with Gasteiger partial charge in [0.25, 0.3) is 0 Å². The van der Waals surface area contributed by atoms with Crippen LogP contribution in [0.4, 0.5) is 8.78 Å². The highest BCUT2D eigenvalue weighted by Crippen LogP contribution is 2.24. The van der Waals surface area contributed by atoms with Crippen LogP contribution in [-0.2, 0) is 0 Å². The van der Waals surface area contributed by atoms with Gasteiger partial charge in [0.15, 0.2) is 0 Å². The van der Waals surface area contributed by atoms with Crippen molar-refractivity contribution in [1.82, 2.24) is 0 Å². The summed E-state index contributed by atoms with van der Waals surface area (Å²) in [5.74, 6) is -0.924. The fraction of sp³-hybridized carbons (Fsp3) is 0.133. The smallest absolute Gasteiger partial charge is 0.144 e. The molecule has 0 radical (unpaired) electrons. The molecular formula is C15H12F2N2O.